The molecule has 40 heavy (non-hydrogen) atoms. The van der Waals surface area contributed by atoms with Crippen LogP contribution in [0.15, 0.2) is 91.0 Å². The minimum absolute atomic E-state index is 0.117. The highest BCUT2D eigenvalue weighted by atomic mass is 35.5. The van der Waals surface area contributed by atoms with Gasteiger partial charge in [-0.25, -0.2) is 4.79 Å². The summed E-state index contributed by atoms with van der Waals surface area (Å²) in [4.78, 5) is 25.9. The lowest BCUT2D eigenvalue weighted by Crippen LogP contribution is -2.43. The number of hydrogen-bond acceptors (Lipinski definition) is 4. The summed E-state index contributed by atoms with van der Waals surface area (Å²) in [6.45, 7) is 0. The van der Waals surface area contributed by atoms with Gasteiger partial charge >= 0.3 is 12.1 Å². The van der Waals surface area contributed by atoms with Crippen molar-refractivity contribution in [3.63, 3.8) is 0 Å². The van der Waals surface area contributed by atoms with Gasteiger partial charge in [0, 0.05) is 11.4 Å². The summed E-state index contributed by atoms with van der Waals surface area (Å²) in [6.07, 6.45) is -4.29. The molecule has 0 aliphatic rings. The molecule has 0 aromatic heterocycles. The summed E-state index contributed by atoms with van der Waals surface area (Å²) in [6, 6.07) is 23.2. The quantitative estimate of drug-likeness (QED) is 0.228. The number of alkyl halides is 3. The summed E-state index contributed by atoms with van der Waals surface area (Å²) in [7, 11) is 2.63. The van der Waals surface area contributed by atoms with Crippen molar-refractivity contribution < 1.29 is 32.2 Å². The predicted molar refractivity (Wildman–Crippen MR) is 147 cm³/mol. The van der Waals surface area contributed by atoms with Gasteiger partial charge in [-0.3, -0.25) is 4.79 Å². The molecule has 0 saturated heterocycles. The number of nitrogens with one attached hydrogen (secondary N) is 1. The highest BCUT2D eigenvalue weighted by molar-refractivity contribution is 6.30. The van der Waals surface area contributed by atoms with E-state index in [9.17, 15) is 22.8 Å². The van der Waals surface area contributed by atoms with E-state index >= 15 is 0 Å². The topological polar surface area (TPSA) is 64.6 Å². The lowest BCUT2D eigenvalue weighted by atomic mass is 9.99. The maximum atomic E-state index is 13.3. The maximum absolute atomic E-state index is 13.3. The third-order valence-electron chi connectivity index (χ3n) is 6.35. The summed E-state index contributed by atoms with van der Waals surface area (Å²) in [5.41, 5.74) is 3.07. The fourth-order valence-electron chi connectivity index (χ4n) is 4.20. The van der Waals surface area contributed by atoms with Crippen molar-refractivity contribution in [1.29, 1.82) is 0 Å². The summed E-state index contributed by atoms with van der Waals surface area (Å²) in [5.74, 6) is -0.990. The van der Waals surface area contributed by atoms with E-state index in [2.05, 4.69) is 5.32 Å². The van der Waals surface area contributed by atoms with E-state index in [4.69, 9.17) is 21.1 Å². The first-order chi connectivity index (χ1) is 19.1. The molecule has 0 aliphatic carbocycles. The lowest BCUT2D eigenvalue weighted by molar-refractivity contribution is -0.143. The molecule has 1 amide bonds. The third-order valence-corrected chi connectivity index (χ3v) is 6.60. The van der Waals surface area contributed by atoms with Crippen LogP contribution in [-0.4, -0.2) is 32.1 Å². The van der Waals surface area contributed by atoms with E-state index in [1.165, 1.54) is 32.4 Å². The molecule has 0 saturated carbocycles. The molecule has 0 aliphatic heterocycles. The van der Waals surface area contributed by atoms with Gasteiger partial charge in [0.1, 0.15) is 11.8 Å². The molecule has 0 spiro atoms. The molecular weight excluding hydrogens is 543 g/mol. The van der Waals surface area contributed by atoms with Crippen LogP contribution in [0.25, 0.3) is 22.3 Å². The minimum atomic E-state index is -4.46. The molecule has 4 rings (SSSR count). The number of methoxy groups -OCH3 is 2. The Kier molecular flexibility index (Phi) is 8.80. The van der Waals surface area contributed by atoms with E-state index in [1.54, 1.807) is 24.3 Å². The van der Waals surface area contributed by atoms with Crippen molar-refractivity contribution in [1.82, 2.24) is 5.32 Å². The van der Waals surface area contributed by atoms with E-state index in [-0.39, 0.29) is 17.7 Å². The van der Waals surface area contributed by atoms with Crippen LogP contribution in [-0.2, 0) is 22.1 Å². The van der Waals surface area contributed by atoms with Crippen molar-refractivity contribution >= 4 is 23.5 Å². The van der Waals surface area contributed by atoms with Crippen LogP contribution in [0.4, 0.5) is 13.2 Å². The number of carbonyl (C=O) groups excluding carboxylic acids is 2. The first-order valence-electron chi connectivity index (χ1n) is 12.2. The fourth-order valence-corrected chi connectivity index (χ4v) is 4.33. The molecule has 206 valence electrons. The van der Waals surface area contributed by atoms with E-state index < -0.39 is 29.7 Å². The number of hydrogen-bond donors (Lipinski definition) is 1. The van der Waals surface area contributed by atoms with E-state index in [1.807, 2.05) is 36.4 Å². The molecule has 0 fully saturated rings. The molecule has 4 aromatic rings. The monoisotopic (exact) mass is 567 g/mol. The molecule has 0 radical (unpaired) electrons. The van der Waals surface area contributed by atoms with Crippen LogP contribution in [0, 0.1) is 0 Å². The zero-order chi connectivity index (χ0) is 28.9. The molecule has 9 heteroatoms. The zero-order valence-corrected chi connectivity index (χ0v) is 22.3. The standard InChI is InChI=1S/C31H25ClF3NO4/c1-39-28-16-11-23(22-7-12-24(13-8-22)31(33,34)35)18-26(28)29(37)36-27(30(38)40-2)17-19-3-5-20(6-4-19)21-9-14-25(32)15-10-21/h3-16,18,27H,17H2,1-2H3,(H,36,37)/t27-/m1/s1. The van der Waals surface area contributed by atoms with Crippen LogP contribution in [0.5, 0.6) is 5.75 Å². The summed E-state index contributed by atoms with van der Waals surface area (Å²) in [5, 5.41) is 3.35. The van der Waals surface area contributed by atoms with Gasteiger partial charge in [0.15, 0.2) is 0 Å². The number of amides is 1. The number of halogens is 4. The minimum Gasteiger partial charge on any atom is -0.496 e. The summed E-state index contributed by atoms with van der Waals surface area (Å²) < 4.78 is 49.1. The summed E-state index contributed by atoms with van der Waals surface area (Å²) >= 11 is 5.97. The van der Waals surface area contributed by atoms with Crippen molar-refractivity contribution in [3.8, 4) is 28.0 Å². The van der Waals surface area contributed by atoms with Gasteiger partial charge < -0.3 is 14.8 Å². The normalized spacial score (nSPS) is 11.9. The largest absolute Gasteiger partial charge is 0.496 e. The first-order valence-corrected chi connectivity index (χ1v) is 12.6. The van der Waals surface area contributed by atoms with Crippen LogP contribution >= 0.6 is 11.6 Å². The Hall–Kier alpha value is -4.30. The second-order valence-corrected chi connectivity index (χ2v) is 9.38. The van der Waals surface area contributed by atoms with Crippen LogP contribution in [0.2, 0.25) is 5.02 Å². The van der Waals surface area contributed by atoms with Crippen LogP contribution < -0.4 is 10.1 Å². The van der Waals surface area contributed by atoms with Crippen molar-refractivity contribution in [3.05, 3.63) is 113 Å². The van der Waals surface area contributed by atoms with Gasteiger partial charge in [-0.2, -0.15) is 13.2 Å². The second kappa shape index (κ2) is 12.3. The molecular formula is C31H25ClF3NO4. The number of esters is 1. The maximum Gasteiger partial charge on any atom is 0.416 e. The average Bonchev–Trinajstić information content (AvgIpc) is 2.96. The Morgan fingerprint density at radius 1 is 0.800 bits per heavy atom. The number of carbonyl (C=O) groups is 2. The second-order valence-electron chi connectivity index (χ2n) is 8.95. The van der Waals surface area contributed by atoms with Crippen molar-refractivity contribution in [2.45, 2.75) is 18.6 Å². The van der Waals surface area contributed by atoms with Gasteiger partial charge in [-0.05, 0) is 64.2 Å². The Bertz CT molecular complexity index is 1490. The molecule has 0 heterocycles. The number of rotatable bonds is 8. The molecule has 0 bridgehead atoms. The Morgan fingerprint density at radius 3 is 1.88 bits per heavy atom. The molecule has 1 atom stereocenters. The van der Waals surface area contributed by atoms with Crippen molar-refractivity contribution in [2.24, 2.45) is 0 Å². The SMILES string of the molecule is COC(=O)[C@@H](Cc1ccc(-c2ccc(Cl)cc2)cc1)NC(=O)c1cc(-c2ccc(C(F)(F)F)cc2)ccc1OC. The van der Waals surface area contributed by atoms with Gasteiger partial charge in [-0.15, -0.1) is 0 Å². The zero-order valence-electron chi connectivity index (χ0n) is 21.6. The van der Waals surface area contributed by atoms with Gasteiger partial charge in [0.05, 0.1) is 25.3 Å². The molecule has 5 nitrogen and oxygen atoms in total. The number of ether oxygens (including phenoxy) is 2. The fraction of sp³-hybridized carbons (Fsp3) is 0.161. The molecule has 4 aromatic carbocycles. The van der Waals surface area contributed by atoms with E-state index in [0.717, 1.165) is 28.8 Å². The smallest absolute Gasteiger partial charge is 0.416 e. The average molecular weight is 568 g/mol. The van der Waals surface area contributed by atoms with Gasteiger partial charge in [0.2, 0.25) is 0 Å². The lowest BCUT2D eigenvalue weighted by Gasteiger charge is -2.18. The Balaban J connectivity index is 1.55. The molecule has 0 unspecified atom stereocenters. The highest BCUT2D eigenvalue weighted by Gasteiger charge is 2.30. The highest BCUT2D eigenvalue weighted by Crippen LogP contribution is 2.32. The number of benzene rings is 4. The third kappa shape index (κ3) is 6.82. The van der Waals surface area contributed by atoms with Crippen LogP contribution in [0.1, 0.15) is 21.5 Å². The Labute approximate surface area is 234 Å². The van der Waals surface area contributed by atoms with Crippen molar-refractivity contribution in [2.75, 3.05) is 14.2 Å². The van der Waals surface area contributed by atoms with Crippen LogP contribution in [0.3, 0.4) is 0 Å². The van der Waals surface area contributed by atoms with Gasteiger partial charge in [0.25, 0.3) is 5.91 Å². The predicted octanol–water partition coefficient (Wildman–Crippen LogP) is 7.22. The Morgan fingerprint density at radius 2 is 1.32 bits per heavy atom. The first kappa shape index (κ1) is 28.7. The van der Waals surface area contributed by atoms with Gasteiger partial charge in [-0.1, -0.05) is 66.2 Å². The van der Waals surface area contributed by atoms with E-state index in [0.29, 0.717) is 16.1 Å². The molecule has 1 N–H and O–H groups in total.